The molecule has 3 nitrogen and oxygen atoms in total. The Balaban J connectivity index is 2.87. The van der Waals surface area contributed by atoms with E-state index in [1.807, 2.05) is 51.2 Å². The molecule has 0 aliphatic carbocycles. The predicted molar refractivity (Wildman–Crippen MR) is 80.9 cm³/mol. The van der Waals surface area contributed by atoms with Crippen molar-refractivity contribution < 1.29 is 8.42 Å². The Morgan fingerprint density at radius 1 is 1.11 bits per heavy atom. The maximum atomic E-state index is 12.4. The van der Waals surface area contributed by atoms with Gasteiger partial charge in [0, 0.05) is 6.04 Å². The Hall–Kier alpha value is -0.870. The standard InChI is InChI=1S/C15H25NO2S/c1-12(2)10-11-19(17,18)13(3)15(16-4)14-8-6-5-7-9-14/h5-9,12-13,15-16H,10-11H2,1-4H3. The molecule has 0 aromatic heterocycles. The van der Waals surface area contributed by atoms with Gasteiger partial charge in [0.2, 0.25) is 0 Å². The molecule has 1 N–H and O–H groups in total. The van der Waals surface area contributed by atoms with E-state index in [-0.39, 0.29) is 11.8 Å². The first-order valence-electron chi connectivity index (χ1n) is 6.82. The Bertz CT molecular complexity index is 468. The van der Waals surface area contributed by atoms with Crippen LogP contribution in [0.4, 0.5) is 0 Å². The molecule has 0 fully saturated rings. The summed E-state index contributed by atoms with van der Waals surface area (Å²) in [7, 11) is -1.27. The summed E-state index contributed by atoms with van der Waals surface area (Å²) in [6.45, 7) is 5.89. The monoisotopic (exact) mass is 283 g/mol. The molecule has 0 amide bonds. The van der Waals surface area contributed by atoms with E-state index in [0.717, 1.165) is 12.0 Å². The average Bonchev–Trinajstić information content (AvgIpc) is 2.38. The van der Waals surface area contributed by atoms with Gasteiger partial charge < -0.3 is 5.32 Å². The summed E-state index contributed by atoms with van der Waals surface area (Å²) in [5, 5.41) is 2.71. The molecule has 0 bridgehead atoms. The number of benzene rings is 1. The van der Waals surface area contributed by atoms with E-state index in [1.54, 1.807) is 6.92 Å². The highest BCUT2D eigenvalue weighted by Gasteiger charge is 2.29. The second kappa shape index (κ2) is 7.06. The number of hydrogen-bond acceptors (Lipinski definition) is 3. The molecular weight excluding hydrogens is 258 g/mol. The zero-order chi connectivity index (χ0) is 14.5. The Labute approximate surface area is 117 Å². The van der Waals surface area contributed by atoms with Crippen molar-refractivity contribution in [2.45, 2.75) is 38.5 Å². The van der Waals surface area contributed by atoms with E-state index < -0.39 is 15.1 Å². The van der Waals surface area contributed by atoms with Gasteiger partial charge in [-0.2, -0.15) is 0 Å². The largest absolute Gasteiger partial charge is 0.312 e. The molecule has 1 rings (SSSR count). The van der Waals surface area contributed by atoms with Crippen LogP contribution in [0.15, 0.2) is 30.3 Å². The van der Waals surface area contributed by atoms with Crippen LogP contribution in [0.25, 0.3) is 0 Å². The van der Waals surface area contributed by atoms with E-state index in [9.17, 15) is 8.42 Å². The number of hydrogen-bond donors (Lipinski definition) is 1. The number of rotatable bonds is 7. The highest BCUT2D eigenvalue weighted by molar-refractivity contribution is 7.92. The lowest BCUT2D eigenvalue weighted by atomic mass is 10.0. The molecule has 19 heavy (non-hydrogen) atoms. The lowest BCUT2D eigenvalue weighted by Crippen LogP contribution is -2.35. The molecule has 0 heterocycles. The van der Waals surface area contributed by atoms with Crippen LogP contribution in [0.1, 0.15) is 38.8 Å². The maximum absolute atomic E-state index is 12.4. The molecule has 0 aliphatic heterocycles. The van der Waals surface area contributed by atoms with Crippen molar-refractivity contribution in [1.29, 1.82) is 0 Å². The van der Waals surface area contributed by atoms with Gasteiger partial charge in [-0.05, 0) is 31.9 Å². The van der Waals surface area contributed by atoms with Gasteiger partial charge in [0.1, 0.15) is 0 Å². The molecule has 0 spiro atoms. The van der Waals surface area contributed by atoms with E-state index in [1.165, 1.54) is 0 Å². The van der Waals surface area contributed by atoms with E-state index in [4.69, 9.17) is 0 Å². The molecule has 2 unspecified atom stereocenters. The molecule has 0 aliphatic rings. The Kier molecular flexibility index (Phi) is 6.01. The van der Waals surface area contributed by atoms with Crippen LogP contribution in [0.5, 0.6) is 0 Å². The van der Waals surface area contributed by atoms with Crippen LogP contribution in [0, 0.1) is 5.92 Å². The predicted octanol–water partition coefficient (Wildman–Crippen LogP) is 2.80. The molecule has 0 saturated carbocycles. The van der Waals surface area contributed by atoms with Crippen LogP contribution in [-0.4, -0.2) is 26.5 Å². The second-order valence-corrected chi connectivity index (χ2v) is 7.91. The van der Waals surface area contributed by atoms with Crippen LogP contribution in [0.3, 0.4) is 0 Å². The topological polar surface area (TPSA) is 46.2 Å². The summed E-state index contributed by atoms with van der Waals surface area (Å²) in [4.78, 5) is 0. The number of nitrogens with one attached hydrogen (secondary N) is 1. The van der Waals surface area contributed by atoms with Crippen LogP contribution in [-0.2, 0) is 9.84 Å². The fourth-order valence-corrected chi connectivity index (χ4v) is 4.01. The zero-order valence-electron chi connectivity index (χ0n) is 12.3. The summed E-state index contributed by atoms with van der Waals surface area (Å²) in [5.74, 6) is 0.670. The van der Waals surface area contributed by atoms with Gasteiger partial charge >= 0.3 is 0 Å². The van der Waals surface area contributed by atoms with E-state index >= 15 is 0 Å². The molecular formula is C15H25NO2S. The van der Waals surface area contributed by atoms with Gasteiger partial charge in [0.15, 0.2) is 9.84 Å². The van der Waals surface area contributed by atoms with Gasteiger partial charge in [0.25, 0.3) is 0 Å². The Morgan fingerprint density at radius 2 is 1.68 bits per heavy atom. The smallest absolute Gasteiger partial charge is 0.154 e. The van der Waals surface area contributed by atoms with E-state index in [2.05, 4.69) is 5.32 Å². The average molecular weight is 283 g/mol. The third-order valence-electron chi connectivity index (χ3n) is 3.49. The van der Waals surface area contributed by atoms with Crippen molar-refractivity contribution in [3.8, 4) is 0 Å². The van der Waals surface area contributed by atoms with Crippen molar-refractivity contribution in [2.24, 2.45) is 5.92 Å². The molecule has 4 heteroatoms. The van der Waals surface area contributed by atoms with Gasteiger partial charge in [-0.15, -0.1) is 0 Å². The maximum Gasteiger partial charge on any atom is 0.154 e. The molecule has 1 aromatic carbocycles. The van der Waals surface area contributed by atoms with Crippen molar-refractivity contribution in [1.82, 2.24) is 5.32 Å². The normalized spacial score (nSPS) is 15.4. The van der Waals surface area contributed by atoms with Crippen molar-refractivity contribution in [3.05, 3.63) is 35.9 Å². The first kappa shape index (κ1) is 16.2. The third-order valence-corrected chi connectivity index (χ3v) is 5.70. The van der Waals surface area contributed by atoms with Crippen molar-refractivity contribution in [2.75, 3.05) is 12.8 Å². The zero-order valence-corrected chi connectivity index (χ0v) is 13.1. The van der Waals surface area contributed by atoms with Gasteiger partial charge in [-0.3, -0.25) is 0 Å². The molecule has 1 aromatic rings. The van der Waals surface area contributed by atoms with Crippen molar-refractivity contribution in [3.63, 3.8) is 0 Å². The minimum Gasteiger partial charge on any atom is -0.312 e. The van der Waals surface area contributed by atoms with Gasteiger partial charge in [-0.1, -0.05) is 44.2 Å². The minimum absolute atomic E-state index is 0.154. The summed E-state index contributed by atoms with van der Waals surface area (Å²) in [6, 6.07) is 9.60. The summed E-state index contributed by atoms with van der Waals surface area (Å²) in [5.41, 5.74) is 1.02. The van der Waals surface area contributed by atoms with Gasteiger partial charge in [0.05, 0.1) is 11.0 Å². The lowest BCUT2D eigenvalue weighted by molar-refractivity contribution is 0.522. The Morgan fingerprint density at radius 3 is 2.16 bits per heavy atom. The second-order valence-electron chi connectivity index (χ2n) is 5.43. The lowest BCUT2D eigenvalue weighted by Gasteiger charge is -2.24. The fourth-order valence-electron chi connectivity index (χ4n) is 2.13. The summed E-state index contributed by atoms with van der Waals surface area (Å²) >= 11 is 0. The first-order valence-corrected chi connectivity index (χ1v) is 8.53. The van der Waals surface area contributed by atoms with Crippen LogP contribution < -0.4 is 5.32 Å². The highest BCUT2D eigenvalue weighted by Crippen LogP contribution is 2.23. The van der Waals surface area contributed by atoms with Crippen LogP contribution in [0.2, 0.25) is 0 Å². The SMILES string of the molecule is CNC(c1ccccc1)C(C)S(=O)(=O)CCC(C)C. The molecule has 0 saturated heterocycles. The quantitative estimate of drug-likeness (QED) is 0.837. The minimum atomic E-state index is -3.08. The summed E-state index contributed by atoms with van der Waals surface area (Å²) in [6.07, 6.45) is 0.720. The third kappa shape index (κ3) is 4.62. The molecule has 108 valence electrons. The molecule has 0 radical (unpaired) electrons. The number of sulfone groups is 1. The van der Waals surface area contributed by atoms with E-state index in [0.29, 0.717) is 5.92 Å². The highest BCUT2D eigenvalue weighted by atomic mass is 32.2. The van der Waals surface area contributed by atoms with Gasteiger partial charge in [-0.25, -0.2) is 8.42 Å². The fraction of sp³-hybridized carbons (Fsp3) is 0.600. The molecule has 2 atom stereocenters. The van der Waals surface area contributed by atoms with Crippen molar-refractivity contribution >= 4 is 9.84 Å². The first-order chi connectivity index (χ1) is 8.88. The van der Waals surface area contributed by atoms with Crippen LogP contribution >= 0.6 is 0 Å². The summed E-state index contributed by atoms with van der Waals surface area (Å²) < 4.78 is 24.7.